The maximum absolute atomic E-state index is 11.8. The molecule has 0 unspecified atom stereocenters. The average Bonchev–Trinajstić information content (AvgIpc) is 2.59. The van der Waals surface area contributed by atoms with Crippen molar-refractivity contribution in [2.75, 3.05) is 32.6 Å². The fourth-order valence-electron chi connectivity index (χ4n) is 1.95. The first-order chi connectivity index (χ1) is 11.5. The second-order valence-electron chi connectivity index (χ2n) is 5.24. The molecule has 1 amide bonds. The van der Waals surface area contributed by atoms with Gasteiger partial charge in [0.15, 0.2) is 0 Å². The largest absolute Gasteiger partial charge is 0.492 e. The van der Waals surface area contributed by atoms with Crippen LogP contribution in [0.15, 0.2) is 42.6 Å². The molecule has 126 valence electrons. The minimum atomic E-state index is -0.991. The lowest BCUT2D eigenvalue weighted by atomic mass is 10.2. The second kappa shape index (κ2) is 7.96. The van der Waals surface area contributed by atoms with Gasteiger partial charge in [0.1, 0.15) is 18.2 Å². The van der Waals surface area contributed by atoms with E-state index < -0.39 is 5.97 Å². The molecule has 2 N–H and O–H groups in total. The smallest absolute Gasteiger partial charge is 0.335 e. The van der Waals surface area contributed by atoms with Crippen LogP contribution in [0.1, 0.15) is 20.7 Å². The topological polar surface area (TPSA) is 91.8 Å². The van der Waals surface area contributed by atoms with Gasteiger partial charge in [-0.05, 0) is 30.3 Å². The number of aromatic nitrogens is 1. The van der Waals surface area contributed by atoms with Crippen LogP contribution in [-0.4, -0.2) is 54.1 Å². The van der Waals surface area contributed by atoms with Crippen LogP contribution in [0.4, 0.5) is 5.82 Å². The first-order valence-corrected chi connectivity index (χ1v) is 7.35. The zero-order valence-electron chi connectivity index (χ0n) is 13.5. The van der Waals surface area contributed by atoms with Gasteiger partial charge in [0.05, 0.1) is 17.7 Å². The van der Waals surface area contributed by atoms with E-state index >= 15 is 0 Å². The monoisotopic (exact) mass is 329 g/mol. The van der Waals surface area contributed by atoms with Crippen molar-refractivity contribution in [3.63, 3.8) is 0 Å². The SMILES string of the molecule is CN(C)C(=O)c1ccc(NCCOc2cccc(C(=O)O)c2)nc1. The fraction of sp³-hybridized carbons (Fsp3) is 0.235. The number of carbonyl (C=O) groups excluding carboxylic acids is 1. The van der Waals surface area contributed by atoms with E-state index in [1.54, 1.807) is 38.4 Å². The Bertz CT molecular complexity index is 714. The lowest BCUT2D eigenvalue weighted by Gasteiger charge is -2.11. The van der Waals surface area contributed by atoms with Gasteiger partial charge in [-0.3, -0.25) is 4.79 Å². The number of pyridine rings is 1. The number of hydrogen-bond acceptors (Lipinski definition) is 5. The molecule has 0 atom stereocenters. The summed E-state index contributed by atoms with van der Waals surface area (Å²) in [6.45, 7) is 0.842. The van der Waals surface area contributed by atoms with E-state index in [9.17, 15) is 9.59 Å². The van der Waals surface area contributed by atoms with Gasteiger partial charge >= 0.3 is 5.97 Å². The Hall–Kier alpha value is -3.09. The summed E-state index contributed by atoms with van der Waals surface area (Å²) in [6.07, 6.45) is 1.52. The summed E-state index contributed by atoms with van der Waals surface area (Å²) in [5.41, 5.74) is 0.704. The molecular weight excluding hydrogens is 310 g/mol. The van der Waals surface area contributed by atoms with Crippen molar-refractivity contribution in [3.05, 3.63) is 53.7 Å². The lowest BCUT2D eigenvalue weighted by molar-refractivity contribution is 0.0696. The van der Waals surface area contributed by atoms with Crippen LogP contribution in [-0.2, 0) is 0 Å². The van der Waals surface area contributed by atoms with E-state index in [4.69, 9.17) is 9.84 Å². The number of hydrogen-bond donors (Lipinski definition) is 2. The van der Waals surface area contributed by atoms with Gasteiger partial charge in [-0.2, -0.15) is 0 Å². The molecule has 2 aromatic rings. The number of rotatable bonds is 7. The molecule has 0 aliphatic rings. The molecule has 0 fully saturated rings. The van der Waals surface area contributed by atoms with Crippen LogP contribution < -0.4 is 10.1 Å². The van der Waals surface area contributed by atoms with Crippen molar-refractivity contribution < 1.29 is 19.4 Å². The molecule has 0 saturated heterocycles. The van der Waals surface area contributed by atoms with Gasteiger partial charge in [0.25, 0.3) is 5.91 Å². The zero-order valence-corrected chi connectivity index (χ0v) is 13.5. The number of carbonyl (C=O) groups is 2. The number of amides is 1. The lowest BCUT2D eigenvalue weighted by Crippen LogP contribution is -2.21. The Balaban J connectivity index is 1.81. The Morgan fingerprint density at radius 1 is 1.21 bits per heavy atom. The van der Waals surface area contributed by atoms with E-state index in [1.807, 2.05) is 0 Å². The van der Waals surface area contributed by atoms with E-state index in [2.05, 4.69) is 10.3 Å². The number of carboxylic acids is 1. The molecule has 0 radical (unpaired) electrons. The van der Waals surface area contributed by atoms with Crippen LogP contribution in [0.25, 0.3) is 0 Å². The summed E-state index contributed by atoms with van der Waals surface area (Å²) < 4.78 is 5.50. The Kier molecular flexibility index (Phi) is 5.73. The first-order valence-electron chi connectivity index (χ1n) is 7.35. The molecular formula is C17H19N3O4. The zero-order chi connectivity index (χ0) is 17.5. The molecule has 2 rings (SSSR count). The number of ether oxygens (including phenoxy) is 1. The Morgan fingerprint density at radius 3 is 2.62 bits per heavy atom. The van der Waals surface area contributed by atoms with Crippen molar-refractivity contribution in [1.82, 2.24) is 9.88 Å². The number of anilines is 1. The average molecular weight is 329 g/mol. The van der Waals surface area contributed by atoms with Crippen LogP contribution >= 0.6 is 0 Å². The molecule has 0 spiro atoms. The van der Waals surface area contributed by atoms with E-state index in [0.29, 0.717) is 30.3 Å². The Labute approximate surface area is 139 Å². The van der Waals surface area contributed by atoms with Crippen LogP contribution in [0.2, 0.25) is 0 Å². The summed E-state index contributed by atoms with van der Waals surface area (Å²) in [5.74, 6) is 0.0376. The molecule has 1 aromatic heterocycles. The number of nitrogens with zero attached hydrogens (tertiary/aromatic N) is 2. The minimum absolute atomic E-state index is 0.101. The van der Waals surface area contributed by atoms with Crippen LogP contribution in [0.3, 0.4) is 0 Å². The molecule has 7 nitrogen and oxygen atoms in total. The summed E-state index contributed by atoms with van der Waals surface area (Å²) in [7, 11) is 3.37. The van der Waals surface area contributed by atoms with Gasteiger partial charge in [-0.25, -0.2) is 9.78 Å². The molecule has 1 aromatic carbocycles. The quantitative estimate of drug-likeness (QED) is 0.755. The molecule has 0 saturated carbocycles. The molecule has 0 bridgehead atoms. The van der Waals surface area contributed by atoms with Crippen molar-refractivity contribution in [2.24, 2.45) is 0 Å². The van der Waals surface area contributed by atoms with Crippen molar-refractivity contribution in [1.29, 1.82) is 0 Å². The third-order valence-corrected chi connectivity index (χ3v) is 3.17. The van der Waals surface area contributed by atoms with Crippen LogP contribution in [0.5, 0.6) is 5.75 Å². The second-order valence-corrected chi connectivity index (χ2v) is 5.24. The van der Waals surface area contributed by atoms with Gasteiger partial charge in [0.2, 0.25) is 0 Å². The van der Waals surface area contributed by atoms with E-state index in [0.717, 1.165) is 0 Å². The highest BCUT2D eigenvalue weighted by molar-refractivity contribution is 5.93. The number of nitrogens with one attached hydrogen (secondary N) is 1. The highest BCUT2D eigenvalue weighted by atomic mass is 16.5. The number of carboxylic acid groups (broad SMARTS) is 1. The van der Waals surface area contributed by atoms with Crippen molar-refractivity contribution in [3.8, 4) is 5.75 Å². The molecule has 24 heavy (non-hydrogen) atoms. The summed E-state index contributed by atoms with van der Waals surface area (Å²) >= 11 is 0. The predicted octanol–water partition coefficient (Wildman–Crippen LogP) is 1.97. The summed E-state index contributed by atoms with van der Waals surface area (Å²) in [5, 5.41) is 12.0. The number of aromatic carboxylic acids is 1. The van der Waals surface area contributed by atoms with E-state index in [-0.39, 0.29) is 11.5 Å². The van der Waals surface area contributed by atoms with Gasteiger partial charge < -0.3 is 20.1 Å². The minimum Gasteiger partial charge on any atom is -0.492 e. The van der Waals surface area contributed by atoms with Crippen molar-refractivity contribution in [2.45, 2.75) is 0 Å². The predicted molar refractivity (Wildman–Crippen MR) is 89.6 cm³/mol. The standard InChI is InChI=1S/C17H19N3O4/c1-20(2)16(21)13-6-7-15(19-11-13)18-8-9-24-14-5-3-4-12(10-14)17(22)23/h3-7,10-11H,8-9H2,1-2H3,(H,18,19)(H,22,23). The Morgan fingerprint density at radius 2 is 2.00 bits per heavy atom. The molecule has 0 aliphatic heterocycles. The highest BCUT2D eigenvalue weighted by Crippen LogP contribution is 2.13. The third kappa shape index (κ3) is 4.70. The number of benzene rings is 1. The van der Waals surface area contributed by atoms with Crippen molar-refractivity contribution >= 4 is 17.7 Å². The first kappa shape index (κ1) is 17.3. The highest BCUT2D eigenvalue weighted by Gasteiger charge is 2.08. The third-order valence-electron chi connectivity index (χ3n) is 3.17. The van der Waals surface area contributed by atoms with Gasteiger partial charge in [0, 0.05) is 20.3 Å². The molecule has 7 heteroatoms. The van der Waals surface area contributed by atoms with Gasteiger partial charge in [-0.15, -0.1) is 0 Å². The maximum Gasteiger partial charge on any atom is 0.335 e. The fourth-order valence-corrected chi connectivity index (χ4v) is 1.95. The van der Waals surface area contributed by atoms with Gasteiger partial charge in [-0.1, -0.05) is 6.07 Å². The normalized spacial score (nSPS) is 10.1. The molecule has 0 aliphatic carbocycles. The summed E-state index contributed by atoms with van der Waals surface area (Å²) in [6, 6.07) is 9.74. The van der Waals surface area contributed by atoms with Crippen LogP contribution in [0, 0.1) is 0 Å². The van der Waals surface area contributed by atoms with E-state index in [1.165, 1.54) is 23.2 Å². The maximum atomic E-state index is 11.8. The summed E-state index contributed by atoms with van der Waals surface area (Å²) in [4.78, 5) is 28.3. The molecule has 1 heterocycles.